The Hall–Kier alpha value is -2.12. The topological polar surface area (TPSA) is 67.9 Å². The van der Waals surface area contributed by atoms with Gasteiger partial charge >= 0.3 is 5.97 Å². The predicted molar refractivity (Wildman–Crippen MR) is 125 cm³/mol. The molecule has 1 aromatic carbocycles. The van der Waals surface area contributed by atoms with Gasteiger partial charge in [0.1, 0.15) is 0 Å². The maximum Gasteiger partial charge on any atom is 0.340 e. The number of hydrogen-bond donors (Lipinski definition) is 1. The molecule has 1 N–H and O–H groups in total. The van der Waals surface area contributed by atoms with Crippen LogP contribution in [0.3, 0.4) is 0 Å². The van der Waals surface area contributed by atoms with E-state index >= 15 is 0 Å². The lowest BCUT2D eigenvalue weighted by Crippen LogP contribution is -2.47. The van der Waals surface area contributed by atoms with Gasteiger partial charge in [-0.05, 0) is 62.2 Å². The molecule has 1 amide bonds. The molecule has 0 bridgehead atoms. The number of carbonyl (C=O) groups excluding carboxylic acids is 2. The van der Waals surface area contributed by atoms with Crippen LogP contribution in [0.1, 0.15) is 50.9 Å². The van der Waals surface area contributed by atoms with E-state index in [0.29, 0.717) is 11.3 Å². The number of benzene rings is 1. The van der Waals surface area contributed by atoms with Gasteiger partial charge in [-0.1, -0.05) is 27.4 Å². The van der Waals surface area contributed by atoms with Gasteiger partial charge < -0.3 is 19.4 Å². The second kappa shape index (κ2) is 9.79. The molecule has 0 atom stereocenters. The average Bonchev–Trinajstić information content (AvgIpc) is 2.67. The van der Waals surface area contributed by atoms with Crippen molar-refractivity contribution in [2.75, 3.05) is 29.9 Å². The van der Waals surface area contributed by atoms with E-state index in [1.54, 1.807) is 13.0 Å². The average molecular weight is 433 g/mol. The summed E-state index contributed by atoms with van der Waals surface area (Å²) in [7, 11) is -1.78. The number of ether oxygens (including phenoxy) is 1. The normalized spacial score (nSPS) is 15.6. The highest BCUT2D eigenvalue weighted by molar-refractivity contribution is 6.74. The molecule has 0 spiro atoms. The molecule has 1 fully saturated rings. The van der Waals surface area contributed by atoms with Gasteiger partial charge in [-0.3, -0.25) is 4.79 Å². The third-order valence-electron chi connectivity index (χ3n) is 6.02. The number of nitrogens with one attached hydrogen (secondary N) is 1. The minimum absolute atomic E-state index is 0.200. The van der Waals surface area contributed by atoms with E-state index in [1.807, 2.05) is 12.1 Å². The van der Waals surface area contributed by atoms with Crippen molar-refractivity contribution in [3.05, 3.63) is 36.4 Å². The highest BCUT2D eigenvalue weighted by atomic mass is 28.4. The number of esters is 1. The van der Waals surface area contributed by atoms with Gasteiger partial charge in [0.05, 0.1) is 17.9 Å². The van der Waals surface area contributed by atoms with Crippen molar-refractivity contribution in [1.82, 2.24) is 0 Å². The van der Waals surface area contributed by atoms with Crippen LogP contribution >= 0.6 is 0 Å². The summed E-state index contributed by atoms with van der Waals surface area (Å²) in [5.74, 6) is -0.816. The molecule has 0 radical (unpaired) electrons. The van der Waals surface area contributed by atoms with Crippen LogP contribution in [0.15, 0.2) is 30.9 Å². The smallest absolute Gasteiger partial charge is 0.340 e. The molecule has 1 aliphatic rings. The van der Waals surface area contributed by atoms with E-state index in [0.717, 1.165) is 31.6 Å². The second-order valence-electron chi connectivity index (χ2n) is 9.21. The minimum Gasteiger partial charge on any atom is -0.462 e. The zero-order chi connectivity index (χ0) is 22.5. The maximum absolute atomic E-state index is 12.3. The van der Waals surface area contributed by atoms with Crippen molar-refractivity contribution in [2.24, 2.45) is 0 Å². The van der Waals surface area contributed by atoms with Gasteiger partial charge in [-0.15, -0.1) is 0 Å². The Kier molecular flexibility index (Phi) is 7.88. The first-order valence-corrected chi connectivity index (χ1v) is 13.6. The molecule has 166 valence electrons. The third kappa shape index (κ3) is 5.95. The van der Waals surface area contributed by atoms with Crippen molar-refractivity contribution < 1.29 is 18.8 Å². The number of nitrogens with zero attached hydrogens (tertiary/aromatic N) is 1. The molecule has 6 nitrogen and oxygen atoms in total. The first-order chi connectivity index (χ1) is 14.0. The van der Waals surface area contributed by atoms with Crippen molar-refractivity contribution in [3.63, 3.8) is 0 Å². The van der Waals surface area contributed by atoms with Crippen LogP contribution < -0.4 is 10.2 Å². The first-order valence-electron chi connectivity index (χ1n) is 10.7. The van der Waals surface area contributed by atoms with Gasteiger partial charge in [0.25, 0.3) is 0 Å². The van der Waals surface area contributed by atoms with Gasteiger partial charge in [0.2, 0.25) is 5.91 Å². The van der Waals surface area contributed by atoms with Crippen molar-refractivity contribution in [2.45, 2.75) is 64.8 Å². The molecule has 0 unspecified atom stereocenters. The number of anilines is 2. The fourth-order valence-electron chi connectivity index (χ4n) is 3.23. The van der Waals surface area contributed by atoms with E-state index in [2.05, 4.69) is 50.7 Å². The van der Waals surface area contributed by atoms with Crippen LogP contribution in [0.25, 0.3) is 0 Å². The van der Waals surface area contributed by atoms with Crippen LogP contribution in [0.4, 0.5) is 11.4 Å². The van der Waals surface area contributed by atoms with Crippen LogP contribution in [-0.2, 0) is 14.0 Å². The summed E-state index contributed by atoms with van der Waals surface area (Å²) in [6.07, 6.45) is 3.38. The zero-order valence-corrected chi connectivity index (χ0v) is 20.2. The largest absolute Gasteiger partial charge is 0.462 e. The van der Waals surface area contributed by atoms with Crippen molar-refractivity contribution in [3.8, 4) is 0 Å². The van der Waals surface area contributed by atoms with Gasteiger partial charge in [0, 0.05) is 24.9 Å². The Morgan fingerprint density at radius 2 is 1.90 bits per heavy atom. The summed E-state index contributed by atoms with van der Waals surface area (Å²) in [5, 5.41) is 2.93. The minimum atomic E-state index is -1.78. The van der Waals surface area contributed by atoms with E-state index in [9.17, 15) is 9.59 Å². The Morgan fingerprint density at radius 1 is 1.27 bits per heavy atom. The van der Waals surface area contributed by atoms with Crippen molar-refractivity contribution in [1.29, 1.82) is 0 Å². The second-order valence-corrected chi connectivity index (χ2v) is 14.0. The molecule has 1 saturated heterocycles. The lowest BCUT2D eigenvalue weighted by Gasteiger charge is -2.42. The lowest BCUT2D eigenvalue weighted by molar-refractivity contribution is -0.111. The van der Waals surface area contributed by atoms with E-state index in [-0.39, 0.29) is 23.7 Å². The Labute approximate surface area is 181 Å². The molecule has 1 heterocycles. The number of hydrogen-bond acceptors (Lipinski definition) is 5. The standard InChI is InChI=1S/C23H36N2O4Si/c1-8-21(26)24-20-16-17(10-11-19(20)22(27)28-9-2)25-14-12-18(13-15-25)29-30(6,7)23(3,4)5/h8,10-11,16,18H,1,9,12-15H2,2-7H3,(H,24,26). The Bertz CT molecular complexity index is 778. The number of piperidine rings is 1. The summed E-state index contributed by atoms with van der Waals surface area (Å²) in [5.41, 5.74) is 1.75. The molecule has 1 aliphatic heterocycles. The highest BCUT2D eigenvalue weighted by Gasteiger charge is 2.39. The van der Waals surface area contributed by atoms with E-state index < -0.39 is 14.3 Å². The Morgan fingerprint density at radius 3 is 2.43 bits per heavy atom. The van der Waals surface area contributed by atoms with Gasteiger partial charge in [-0.2, -0.15) is 0 Å². The SMILES string of the molecule is C=CC(=O)Nc1cc(N2CCC(O[Si](C)(C)C(C)(C)C)CC2)ccc1C(=O)OCC. The molecular formula is C23H36N2O4Si. The molecule has 0 aliphatic carbocycles. The fraction of sp³-hybridized carbons (Fsp3) is 0.565. The predicted octanol–water partition coefficient (Wildman–Crippen LogP) is 4.98. The van der Waals surface area contributed by atoms with Crippen LogP contribution in [0.5, 0.6) is 0 Å². The summed E-state index contributed by atoms with van der Waals surface area (Å²) < 4.78 is 11.7. The van der Waals surface area contributed by atoms with Gasteiger partial charge in [-0.25, -0.2) is 4.79 Å². The van der Waals surface area contributed by atoms with E-state index in [4.69, 9.17) is 9.16 Å². The van der Waals surface area contributed by atoms with Crippen LogP contribution in [0, 0.1) is 0 Å². The van der Waals surface area contributed by atoms with Crippen molar-refractivity contribution >= 4 is 31.6 Å². The monoisotopic (exact) mass is 432 g/mol. The first kappa shape index (κ1) is 24.1. The molecule has 1 aromatic rings. The summed E-state index contributed by atoms with van der Waals surface area (Å²) in [4.78, 5) is 26.4. The molecule has 0 aromatic heterocycles. The number of amides is 1. The molecule has 2 rings (SSSR count). The fourth-order valence-corrected chi connectivity index (χ4v) is 4.65. The van der Waals surface area contributed by atoms with Gasteiger partial charge in [0.15, 0.2) is 8.32 Å². The Balaban J connectivity index is 2.13. The zero-order valence-electron chi connectivity index (χ0n) is 19.2. The summed E-state index contributed by atoms with van der Waals surface area (Å²) in [6.45, 7) is 18.6. The maximum atomic E-state index is 12.3. The summed E-state index contributed by atoms with van der Waals surface area (Å²) >= 11 is 0. The number of carbonyl (C=O) groups is 2. The molecule has 7 heteroatoms. The molecule has 0 saturated carbocycles. The number of rotatable bonds is 7. The highest BCUT2D eigenvalue weighted by Crippen LogP contribution is 2.38. The van der Waals surface area contributed by atoms with E-state index in [1.165, 1.54) is 6.08 Å². The molecular weight excluding hydrogens is 396 g/mol. The summed E-state index contributed by atoms with van der Waals surface area (Å²) in [6, 6.07) is 5.46. The van der Waals surface area contributed by atoms with Crippen LogP contribution in [0.2, 0.25) is 18.1 Å². The quantitative estimate of drug-likeness (QED) is 0.374. The molecule has 30 heavy (non-hydrogen) atoms. The van der Waals surface area contributed by atoms with Crippen LogP contribution in [-0.4, -0.2) is 46.0 Å². The lowest BCUT2D eigenvalue weighted by atomic mass is 10.1. The third-order valence-corrected chi connectivity index (χ3v) is 10.6.